The first-order chi connectivity index (χ1) is 3.33. The average molecular weight is 96.2 g/mol. The highest BCUT2D eigenvalue weighted by atomic mass is 15.5. The van der Waals surface area contributed by atoms with E-state index in [0.717, 1.165) is 0 Å². The van der Waals surface area contributed by atoms with E-state index in [0.29, 0.717) is 0 Å². The van der Waals surface area contributed by atoms with Gasteiger partial charge in [-0.2, -0.15) is 0 Å². The second-order valence-corrected chi connectivity index (χ2v) is 2.62. The summed E-state index contributed by atoms with van der Waals surface area (Å²) in [5.41, 5.74) is 1.60. The average Bonchev–Trinajstić information content (AvgIpc) is 2.40. The minimum atomic E-state index is 1.33. The van der Waals surface area contributed by atoms with Crippen molar-refractivity contribution in [1.82, 2.24) is 0 Å². The highest BCUT2D eigenvalue weighted by Gasteiger charge is 2.48. The van der Waals surface area contributed by atoms with Crippen molar-refractivity contribution in [3.05, 3.63) is 11.8 Å². The predicted molar refractivity (Wildman–Crippen MR) is 28.6 cm³/mol. The Morgan fingerprint density at radius 1 is 1.57 bits per heavy atom. The quantitative estimate of drug-likeness (QED) is 0.308. The van der Waals surface area contributed by atoms with Crippen LogP contribution in [-0.2, 0) is 0 Å². The summed E-state index contributed by atoms with van der Waals surface area (Å²) in [6.45, 7) is 6.40. The minimum absolute atomic E-state index is 1.33. The molecule has 0 unspecified atom stereocenters. The largest absolute Gasteiger partial charge is 0.282 e. The molecule has 2 rings (SSSR count). The van der Waals surface area contributed by atoms with Crippen molar-refractivity contribution in [2.45, 2.75) is 6.92 Å². The third kappa shape index (κ3) is 0.280. The summed E-state index contributed by atoms with van der Waals surface area (Å²) in [4.78, 5) is 0. The molecule has 2 heterocycles. The van der Waals surface area contributed by atoms with E-state index in [4.69, 9.17) is 0 Å². The Kier molecular flexibility index (Phi) is 0.409. The van der Waals surface area contributed by atoms with E-state index in [-0.39, 0.29) is 0 Å². The summed E-state index contributed by atoms with van der Waals surface area (Å²) >= 11 is 0. The molecule has 1 spiro atoms. The summed E-state index contributed by atoms with van der Waals surface area (Å²) in [5.74, 6) is 0. The van der Waals surface area contributed by atoms with Crippen molar-refractivity contribution < 1.29 is 4.48 Å². The van der Waals surface area contributed by atoms with Crippen molar-refractivity contribution in [2.75, 3.05) is 19.6 Å². The number of hydrogen-bond donors (Lipinski definition) is 0. The smallest absolute Gasteiger partial charge is 0.134 e. The van der Waals surface area contributed by atoms with Gasteiger partial charge in [-0.25, -0.2) is 0 Å². The van der Waals surface area contributed by atoms with Crippen molar-refractivity contribution >= 4 is 0 Å². The number of quaternary nitrogens is 1. The van der Waals surface area contributed by atoms with Crippen LogP contribution in [0.15, 0.2) is 11.8 Å². The van der Waals surface area contributed by atoms with Gasteiger partial charge in [0.15, 0.2) is 0 Å². The fourth-order valence-electron chi connectivity index (χ4n) is 1.19. The van der Waals surface area contributed by atoms with Gasteiger partial charge in [0.25, 0.3) is 0 Å². The van der Waals surface area contributed by atoms with E-state index in [1.165, 1.54) is 24.1 Å². The summed E-state index contributed by atoms with van der Waals surface area (Å²) in [5, 5.41) is 0. The molecule has 0 aromatic rings. The first kappa shape index (κ1) is 3.67. The maximum absolute atomic E-state index is 2.33. The van der Waals surface area contributed by atoms with E-state index in [1.807, 2.05) is 0 Å². The molecular weight excluding hydrogens is 86.1 g/mol. The SMILES string of the molecule is CC1=CC[N+]12CC2. The Balaban J connectivity index is 2.30. The fourth-order valence-corrected chi connectivity index (χ4v) is 1.19. The van der Waals surface area contributed by atoms with Gasteiger partial charge in [-0.05, 0) is 0 Å². The van der Waals surface area contributed by atoms with Crippen LogP contribution >= 0.6 is 0 Å². The second kappa shape index (κ2) is 0.781. The molecule has 0 aromatic heterocycles. The number of hydrogen-bond acceptors (Lipinski definition) is 0. The number of rotatable bonds is 0. The molecule has 0 aliphatic carbocycles. The molecule has 0 bridgehead atoms. The standard InChI is InChI=1S/C6H10N/c1-6-2-3-7(6)4-5-7/h2H,3-5H2,1H3/q+1. The van der Waals surface area contributed by atoms with Crippen LogP contribution in [0.5, 0.6) is 0 Å². The molecule has 0 amide bonds. The lowest BCUT2D eigenvalue weighted by molar-refractivity contribution is -0.771. The fraction of sp³-hybridized carbons (Fsp3) is 0.667. The Hall–Kier alpha value is -0.300. The van der Waals surface area contributed by atoms with Crippen LogP contribution in [0.2, 0.25) is 0 Å². The van der Waals surface area contributed by atoms with Crippen LogP contribution in [0.1, 0.15) is 6.92 Å². The molecule has 7 heavy (non-hydrogen) atoms. The molecule has 0 saturated carbocycles. The molecule has 0 aromatic carbocycles. The molecule has 2 aliphatic heterocycles. The lowest BCUT2D eigenvalue weighted by Crippen LogP contribution is -2.32. The number of nitrogens with zero attached hydrogens (tertiary/aromatic N) is 1. The molecular formula is C6H10N+. The highest BCUT2D eigenvalue weighted by Crippen LogP contribution is 2.35. The first-order valence-corrected chi connectivity index (χ1v) is 2.87. The van der Waals surface area contributed by atoms with Gasteiger partial charge in [0.2, 0.25) is 0 Å². The molecule has 0 N–H and O–H groups in total. The lowest BCUT2D eigenvalue weighted by atomic mass is 10.2. The number of allylic oxidation sites excluding steroid dienone is 1. The Morgan fingerprint density at radius 3 is 2.29 bits per heavy atom. The molecule has 1 nitrogen and oxygen atoms in total. The predicted octanol–water partition coefficient (Wildman–Crippen LogP) is 0.734. The maximum atomic E-state index is 2.33. The topological polar surface area (TPSA) is 0 Å². The monoisotopic (exact) mass is 96.1 g/mol. The van der Waals surface area contributed by atoms with Crippen LogP contribution in [0.4, 0.5) is 0 Å². The van der Waals surface area contributed by atoms with E-state index in [9.17, 15) is 0 Å². The third-order valence-corrected chi connectivity index (χ3v) is 2.25. The van der Waals surface area contributed by atoms with Gasteiger partial charge < -0.3 is 0 Å². The van der Waals surface area contributed by atoms with Crippen LogP contribution in [0, 0.1) is 0 Å². The van der Waals surface area contributed by atoms with Crippen LogP contribution in [0.25, 0.3) is 0 Å². The summed E-state index contributed by atoms with van der Waals surface area (Å²) < 4.78 is 1.35. The molecule has 1 saturated heterocycles. The van der Waals surface area contributed by atoms with Crippen LogP contribution in [0.3, 0.4) is 0 Å². The Morgan fingerprint density at radius 2 is 2.29 bits per heavy atom. The molecule has 1 heteroatoms. The Labute approximate surface area is 43.8 Å². The molecule has 38 valence electrons. The molecule has 0 radical (unpaired) electrons. The van der Waals surface area contributed by atoms with E-state index in [2.05, 4.69) is 13.0 Å². The van der Waals surface area contributed by atoms with Gasteiger partial charge in [-0.1, -0.05) is 0 Å². The van der Waals surface area contributed by atoms with Gasteiger partial charge in [0.05, 0.1) is 0 Å². The maximum Gasteiger partial charge on any atom is 0.134 e. The highest BCUT2D eigenvalue weighted by molar-refractivity contribution is 5.03. The van der Waals surface area contributed by atoms with Gasteiger partial charge in [0.1, 0.15) is 25.3 Å². The van der Waals surface area contributed by atoms with Crippen molar-refractivity contribution in [3.63, 3.8) is 0 Å². The van der Waals surface area contributed by atoms with Crippen molar-refractivity contribution in [2.24, 2.45) is 0 Å². The van der Waals surface area contributed by atoms with Crippen molar-refractivity contribution in [1.29, 1.82) is 0 Å². The normalized spacial score (nSPS) is 31.9. The van der Waals surface area contributed by atoms with Gasteiger partial charge in [-0.15, -0.1) is 0 Å². The van der Waals surface area contributed by atoms with Gasteiger partial charge >= 0.3 is 0 Å². The zero-order valence-corrected chi connectivity index (χ0v) is 4.65. The molecule has 2 aliphatic rings. The zero-order valence-electron chi connectivity index (χ0n) is 4.65. The Bertz CT molecular complexity index is 131. The van der Waals surface area contributed by atoms with Gasteiger partial charge in [-0.3, -0.25) is 4.48 Å². The minimum Gasteiger partial charge on any atom is -0.282 e. The van der Waals surface area contributed by atoms with E-state index < -0.39 is 0 Å². The summed E-state index contributed by atoms with van der Waals surface area (Å²) in [7, 11) is 0. The van der Waals surface area contributed by atoms with Crippen molar-refractivity contribution in [3.8, 4) is 0 Å². The van der Waals surface area contributed by atoms with E-state index in [1.54, 1.807) is 5.70 Å². The summed E-state index contributed by atoms with van der Waals surface area (Å²) in [6.07, 6.45) is 2.33. The molecule has 0 atom stereocenters. The first-order valence-electron chi connectivity index (χ1n) is 2.87. The lowest BCUT2D eigenvalue weighted by Gasteiger charge is -2.23. The van der Waals surface area contributed by atoms with Gasteiger partial charge in [0, 0.05) is 13.0 Å². The summed E-state index contributed by atoms with van der Waals surface area (Å²) in [6, 6.07) is 0. The third-order valence-electron chi connectivity index (χ3n) is 2.25. The second-order valence-electron chi connectivity index (χ2n) is 2.62. The van der Waals surface area contributed by atoms with Crippen LogP contribution < -0.4 is 0 Å². The van der Waals surface area contributed by atoms with E-state index >= 15 is 0 Å². The van der Waals surface area contributed by atoms with Crippen LogP contribution in [-0.4, -0.2) is 24.1 Å². The molecule has 1 fully saturated rings. The zero-order chi connectivity index (χ0) is 4.91.